The number of carbonyl (C=O) groups is 3. The molecule has 1 fully saturated rings. The van der Waals surface area contributed by atoms with Crippen molar-refractivity contribution in [2.75, 3.05) is 13.1 Å². The van der Waals surface area contributed by atoms with Gasteiger partial charge in [-0.3, -0.25) is 4.79 Å². The van der Waals surface area contributed by atoms with Gasteiger partial charge in [0.15, 0.2) is 0 Å². The van der Waals surface area contributed by atoms with Crippen LogP contribution < -0.4 is 5.73 Å². The number of carboxylic acids is 1. The van der Waals surface area contributed by atoms with Crippen LogP contribution in [0.1, 0.15) is 33.1 Å². The van der Waals surface area contributed by atoms with Crippen molar-refractivity contribution in [1.29, 1.82) is 0 Å². The van der Waals surface area contributed by atoms with Gasteiger partial charge in [0, 0.05) is 31.2 Å². The standard InChI is InChI=1S/C15H24N2O5/c1-3-17(4-2)15(21)14(16)10-6-5-7-11(10)22-13(20)9-8-12(18)19/h8-11,14H,3-7,16H2,1-2H3,(H,18,19)/t10-,11-,14+/m1/s1. The topological polar surface area (TPSA) is 110 Å². The summed E-state index contributed by atoms with van der Waals surface area (Å²) < 4.78 is 5.25. The van der Waals surface area contributed by atoms with Gasteiger partial charge < -0.3 is 20.5 Å². The zero-order valence-corrected chi connectivity index (χ0v) is 13.0. The average Bonchev–Trinajstić information content (AvgIpc) is 2.93. The maximum Gasteiger partial charge on any atom is 0.331 e. The second kappa shape index (κ2) is 8.53. The maximum absolute atomic E-state index is 12.3. The van der Waals surface area contributed by atoms with Gasteiger partial charge in [0.2, 0.25) is 5.91 Å². The van der Waals surface area contributed by atoms with Crippen LogP contribution in [0.4, 0.5) is 0 Å². The number of hydrogen-bond acceptors (Lipinski definition) is 5. The predicted molar refractivity (Wildman–Crippen MR) is 79.9 cm³/mol. The van der Waals surface area contributed by atoms with Gasteiger partial charge in [-0.15, -0.1) is 0 Å². The summed E-state index contributed by atoms with van der Waals surface area (Å²) in [4.78, 5) is 35.9. The van der Waals surface area contributed by atoms with Crippen LogP contribution in [-0.2, 0) is 19.1 Å². The summed E-state index contributed by atoms with van der Waals surface area (Å²) in [7, 11) is 0. The smallest absolute Gasteiger partial charge is 0.331 e. The minimum atomic E-state index is -1.21. The molecule has 0 aromatic rings. The second-order valence-corrected chi connectivity index (χ2v) is 5.28. The molecule has 3 atom stereocenters. The van der Waals surface area contributed by atoms with Gasteiger partial charge in [-0.2, -0.15) is 0 Å². The molecule has 7 heteroatoms. The third-order valence-corrected chi connectivity index (χ3v) is 3.95. The maximum atomic E-state index is 12.3. The first kappa shape index (κ1) is 18.2. The van der Waals surface area contributed by atoms with E-state index >= 15 is 0 Å². The van der Waals surface area contributed by atoms with Crippen molar-refractivity contribution >= 4 is 17.8 Å². The summed E-state index contributed by atoms with van der Waals surface area (Å²) in [5.74, 6) is -2.30. The van der Waals surface area contributed by atoms with Crippen molar-refractivity contribution in [2.45, 2.75) is 45.3 Å². The number of nitrogens with zero attached hydrogens (tertiary/aromatic N) is 1. The summed E-state index contributed by atoms with van der Waals surface area (Å²) in [5.41, 5.74) is 6.07. The number of hydrogen-bond donors (Lipinski definition) is 2. The molecule has 3 N–H and O–H groups in total. The molecule has 0 aromatic heterocycles. The number of aliphatic carboxylic acids is 1. The third-order valence-electron chi connectivity index (χ3n) is 3.95. The van der Waals surface area contributed by atoms with Crippen molar-refractivity contribution < 1.29 is 24.2 Å². The van der Waals surface area contributed by atoms with Gasteiger partial charge in [-0.05, 0) is 33.1 Å². The molecule has 0 aliphatic heterocycles. The highest BCUT2D eigenvalue weighted by molar-refractivity contribution is 5.90. The van der Waals surface area contributed by atoms with Gasteiger partial charge >= 0.3 is 11.9 Å². The molecule has 1 rings (SSSR count). The van der Waals surface area contributed by atoms with E-state index in [9.17, 15) is 14.4 Å². The van der Waals surface area contributed by atoms with E-state index in [1.54, 1.807) is 4.90 Å². The summed E-state index contributed by atoms with van der Waals surface area (Å²) in [6, 6.07) is -0.705. The fraction of sp³-hybridized carbons (Fsp3) is 0.667. The van der Waals surface area contributed by atoms with Gasteiger partial charge in [0.1, 0.15) is 6.10 Å². The van der Waals surface area contributed by atoms with Crippen LogP contribution in [0.25, 0.3) is 0 Å². The van der Waals surface area contributed by atoms with E-state index in [2.05, 4.69) is 0 Å². The lowest BCUT2D eigenvalue weighted by molar-refractivity contribution is -0.147. The molecule has 1 aliphatic rings. The highest BCUT2D eigenvalue weighted by Gasteiger charge is 2.38. The molecule has 0 aromatic carbocycles. The fourth-order valence-corrected chi connectivity index (χ4v) is 2.77. The van der Waals surface area contributed by atoms with E-state index in [0.717, 1.165) is 25.0 Å². The molecule has 0 saturated heterocycles. The fourth-order valence-electron chi connectivity index (χ4n) is 2.77. The molecule has 0 heterocycles. The molecule has 0 unspecified atom stereocenters. The number of carboxylic acid groups (broad SMARTS) is 1. The number of carbonyl (C=O) groups excluding carboxylic acids is 2. The largest absolute Gasteiger partial charge is 0.478 e. The number of likely N-dealkylation sites (N-methyl/N-ethyl adjacent to an activating group) is 1. The summed E-state index contributed by atoms with van der Waals surface area (Å²) >= 11 is 0. The summed E-state index contributed by atoms with van der Waals surface area (Å²) in [5, 5.41) is 8.49. The molecule has 0 bridgehead atoms. The van der Waals surface area contributed by atoms with Crippen LogP contribution in [-0.4, -0.2) is 53.1 Å². The van der Waals surface area contributed by atoms with E-state index in [1.165, 1.54) is 0 Å². The number of rotatable bonds is 7. The highest BCUT2D eigenvalue weighted by Crippen LogP contribution is 2.31. The first-order valence-electron chi connectivity index (χ1n) is 7.56. The Bertz CT molecular complexity index is 445. The van der Waals surface area contributed by atoms with Crippen molar-refractivity contribution in [2.24, 2.45) is 11.7 Å². The van der Waals surface area contributed by atoms with Crippen LogP contribution in [0.15, 0.2) is 12.2 Å². The minimum Gasteiger partial charge on any atom is -0.478 e. The van der Waals surface area contributed by atoms with Gasteiger partial charge in [-0.1, -0.05) is 0 Å². The molecule has 0 radical (unpaired) electrons. The zero-order valence-electron chi connectivity index (χ0n) is 13.0. The molecule has 7 nitrogen and oxygen atoms in total. The predicted octanol–water partition coefficient (Wildman–Crippen LogP) is 0.535. The van der Waals surface area contributed by atoms with Gasteiger partial charge in [0.05, 0.1) is 6.04 Å². The van der Waals surface area contributed by atoms with Crippen LogP contribution in [0, 0.1) is 5.92 Å². The zero-order chi connectivity index (χ0) is 16.7. The third kappa shape index (κ3) is 4.84. The summed E-state index contributed by atoms with van der Waals surface area (Å²) in [6.07, 6.45) is 3.33. The Hall–Kier alpha value is -1.89. The van der Waals surface area contributed by atoms with E-state index < -0.39 is 24.1 Å². The summed E-state index contributed by atoms with van der Waals surface area (Å²) in [6.45, 7) is 4.94. The first-order chi connectivity index (χ1) is 10.4. The molecule has 1 saturated carbocycles. The number of esters is 1. The van der Waals surface area contributed by atoms with Crippen molar-refractivity contribution in [3.05, 3.63) is 12.2 Å². The van der Waals surface area contributed by atoms with Crippen molar-refractivity contribution in [3.8, 4) is 0 Å². The molecular formula is C15H24N2O5. The van der Waals surface area contributed by atoms with E-state index in [-0.39, 0.29) is 11.8 Å². The first-order valence-corrected chi connectivity index (χ1v) is 7.56. The van der Waals surface area contributed by atoms with E-state index in [0.29, 0.717) is 19.5 Å². The lowest BCUT2D eigenvalue weighted by Gasteiger charge is -2.29. The monoisotopic (exact) mass is 312 g/mol. The van der Waals surface area contributed by atoms with Crippen molar-refractivity contribution in [3.63, 3.8) is 0 Å². The highest BCUT2D eigenvalue weighted by atomic mass is 16.5. The SMILES string of the molecule is CCN(CC)C(=O)[C@@H](N)[C@@H]1CCC[C@H]1OC(=O)C=CC(=O)O. The second-order valence-electron chi connectivity index (χ2n) is 5.28. The normalized spacial score (nSPS) is 22.5. The minimum absolute atomic E-state index is 0.140. The van der Waals surface area contributed by atoms with Crippen LogP contribution in [0.3, 0.4) is 0 Å². The molecule has 1 amide bonds. The average molecular weight is 312 g/mol. The number of amides is 1. The molecule has 124 valence electrons. The Morgan fingerprint density at radius 2 is 1.91 bits per heavy atom. The van der Waals surface area contributed by atoms with Crippen LogP contribution in [0.2, 0.25) is 0 Å². The molecular weight excluding hydrogens is 288 g/mol. The van der Waals surface area contributed by atoms with Gasteiger partial charge in [-0.25, -0.2) is 9.59 Å². The quantitative estimate of drug-likeness (QED) is 0.524. The van der Waals surface area contributed by atoms with Crippen LogP contribution >= 0.6 is 0 Å². The Labute approximate surface area is 130 Å². The molecule has 0 spiro atoms. The van der Waals surface area contributed by atoms with Crippen LogP contribution in [0.5, 0.6) is 0 Å². The molecule has 1 aliphatic carbocycles. The van der Waals surface area contributed by atoms with Crippen molar-refractivity contribution in [1.82, 2.24) is 4.90 Å². The van der Waals surface area contributed by atoms with Gasteiger partial charge in [0.25, 0.3) is 0 Å². The lowest BCUT2D eigenvalue weighted by atomic mass is 9.95. The van der Waals surface area contributed by atoms with E-state index in [4.69, 9.17) is 15.6 Å². The lowest BCUT2D eigenvalue weighted by Crippen LogP contribution is -2.50. The van der Waals surface area contributed by atoms with E-state index in [1.807, 2.05) is 13.8 Å². The number of nitrogens with two attached hydrogens (primary N) is 1. The Kier molecular flexibility index (Phi) is 7.04. The Morgan fingerprint density at radius 3 is 2.45 bits per heavy atom. The Morgan fingerprint density at radius 1 is 1.27 bits per heavy atom. The Balaban J connectivity index is 2.67. The number of ether oxygens (including phenoxy) is 1. The molecule has 22 heavy (non-hydrogen) atoms.